The SMILES string of the molecule is CCN(CC)CC(C)(O)C(c1ccccc1)c1ccc(SCc2ccc(Cl)cc2Cl)cc1. The molecule has 0 heterocycles. The minimum Gasteiger partial charge on any atom is -0.388 e. The second-order valence-electron chi connectivity index (χ2n) is 8.26. The molecule has 2 unspecified atom stereocenters. The van der Waals surface area contributed by atoms with Gasteiger partial charge in [0, 0.05) is 33.2 Å². The Morgan fingerprint density at radius 2 is 1.53 bits per heavy atom. The van der Waals surface area contributed by atoms with Gasteiger partial charge < -0.3 is 10.0 Å². The van der Waals surface area contributed by atoms with Crippen LogP contribution in [0, 0.1) is 0 Å². The second kappa shape index (κ2) is 11.6. The number of aliphatic hydroxyl groups is 1. The molecule has 2 atom stereocenters. The fourth-order valence-electron chi connectivity index (χ4n) is 4.10. The van der Waals surface area contributed by atoms with Gasteiger partial charge in [-0.15, -0.1) is 11.8 Å². The van der Waals surface area contributed by atoms with Crippen LogP contribution in [0.3, 0.4) is 0 Å². The number of rotatable bonds is 10. The fourth-order valence-corrected chi connectivity index (χ4v) is 5.56. The van der Waals surface area contributed by atoms with Gasteiger partial charge in [-0.25, -0.2) is 0 Å². The summed E-state index contributed by atoms with van der Waals surface area (Å²) < 4.78 is 0. The van der Waals surface area contributed by atoms with E-state index < -0.39 is 5.60 Å². The number of thioether (sulfide) groups is 1. The van der Waals surface area contributed by atoms with Crippen LogP contribution >= 0.6 is 35.0 Å². The topological polar surface area (TPSA) is 23.5 Å². The Hall–Kier alpha value is -1.49. The zero-order valence-corrected chi connectivity index (χ0v) is 21.2. The van der Waals surface area contributed by atoms with Gasteiger partial charge in [-0.1, -0.05) is 85.6 Å². The number of nitrogens with zero attached hydrogens (tertiary/aromatic N) is 1. The Labute approximate surface area is 206 Å². The molecule has 0 aromatic heterocycles. The highest BCUT2D eigenvalue weighted by Crippen LogP contribution is 2.37. The van der Waals surface area contributed by atoms with Crippen molar-refractivity contribution in [3.63, 3.8) is 0 Å². The second-order valence-corrected chi connectivity index (χ2v) is 10.1. The van der Waals surface area contributed by atoms with Gasteiger partial charge in [0.25, 0.3) is 0 Å². The highest BCUT2D eigenvalue weighted by molar-refractivity contribution is 7.98. The van der Waals surface area contributed by atoms with Crippen molar-refractivity contribution in [2.24, 2.45) is 0 Å². The van der Waals surface area contributed by atoms with E-state index >= 15 is 0 Å². The summed E-state index contributed by atoms with van der Waals surface area (Å²) in [7, 11) is 0. The van der Waals surface area contributed by atoms with E-state index in [4.69, 9.17) is 23.2 Å². The monoisotopic (exact) mass is 487 g/mol. The molecule has 2 nitrogen and oxygen atoms in total. The first-order chi connectivity index (χ1) is 15.3. The zero-order chi connectivity index (χ0) is 23.1. The molecule has 0 amide bonds. The van der Waals surface area contributed by atoms with Crippen molar-refractivity contribution in [2.75, 3.05) is 19.6 Å². The maximum Gasteiger partial charge on any atom is 0.0854 e. The molecule has 0 aliphatic carbocycles. The van der Waals surface area contributed by atoms with Gasteiger partial charge in [-0.05, 0) is 61.0 Å². The Kier molecular flexibility index (Phi) is 9.10. The smallest absolute Gasteiger partial charge is 0.0854 e. The van der Waals surface area contributed by atoms with E-state index in [0.29, 0.717) is 16.6 Å². The number of hydrogen-bond donors (Lipinski definition) is 1. The van der Waals surface area contributed by atoms with Gasteiger partial charge >= 0.3 is 0 Å². The van der Waals surface area contributed by atoms with E-state index in [1.807, 2.05) is 37.3 Å². The third-order valence-corrected chi connectivity index (χ3v) is 7.46. The Bertz CT molecular complexity index is 988. The molecule has 0 saturated carbocycles. The van der Waals surface area contributed by atoms with Gasteiger partial charge in [0.2, 0.25) is 0 Å². The van der Waals surface area contributed by atoms with Crippen LogP contribution in [0.15, 0.2) is 77.7 Å². The van der Waals surface area contributed by atoms with E-state index in [0.717, 1.165) is 40.4 Å². The van der Waals surface area contributed by atoms with Crippen molar-refractivity contribution >= 4 is 35.0 Å². The molecule has 3 aromatic carbocycles. The molecule has 32 heavy (non-hydrogen) atoms. The van der Waals surface area contributed by atoms with Crippen molar-refractivity contribution in [2.45, 2.75) is 42.9 Å². The average molecular weight is 489 g/mol. The standard InChI is InChI=1S/C27H31Cl2NOS/c1-4-30(5-2)19-27(3,31)26(20-9-7-6-8-10-20)21-12-15-24(16-13-21)32-18-22-11-14-23(28)17-25(22)29/h6-17,26,31H,4-5,18-19H2,1-3H3. The van der Waals surface area contributed by atoms with Crippen LogP contribution in [0.25, 0.3) is 0 Å². The number of likely N-dealkylation sites (N-methyl/N-ethyl adjacent to an activating group) is 1. The van der Waals surface area contributed by atoms with E-state index in [1.54, 1.807) is 17.8 Å². The molecule has 0 spiro atoms. The lowest BCUT2D eigenvalue weighted by atomic mass is 9.78. The maximum atomic E-state index is 11.6. The van der Waals surface area contributed by atoms with Gasteiger partial charge in [-0.3, -0.25) is 0 Å². The highest BCUT2D eigenvalue weighted by Gasteiger charge is 2.35. The van der Waals surface area contributed by atoms with Crippen LogP contribution < -0.4 is 0 Å². The Morgan fingerprint density at radius 1 is 0.906 bits per heavy atom. The molecule has 3 aromatic rings. The summed E-state index contributed by atoms with van der Waals surface area (Å²) in [6.45, 7) is 8.67. The van der Waals surface area contributed by atoms with Crippen LogP contribution in [-0.4, -0.2) is 35.2 Å². The number of halogens is 2. The van der Waals surface area contributed by atoms with E-state index in [9.17, 15) is 5.11 Å². The number of benzene rings is 3. The molecule has 0 aliphatic heterocycles. The van der Waals surface area contributed by atoms with Gasteiger partial charge in [-0.2, -0.15) is 0 Å². The molecular weight excluding hydrogens is 457 g/mol. The highest BCUT2D eigenvalue weighted by atomic mass is 35.5. The lowest BCUT2D eigenvalue weighted by Gasteiger charge is -2.37. The Morgan fingerprint density at radius 3 is 2.12 bits per heavy atom. The zero-order valence-electron chi connectivity index (χ0n) is 18.9. The summed E-state index contributed by atoms with van der Waals surface area (Å²) in [6.07, 6.45) is 0. The molecule has 3 rings (SSSR count). The molecule has 0 aliphatic rings. The van der Waals surface area contributed by atoms with Crippen molar-refractivity contribution in [1.82, 2.24) is 4.90 Å². The molecular formula is C27H31Cl2NOS. The van der Waals surface area contributed by atoms with Crippen molar-refractivity contribution in [3.8, 4) is 0 Å². The predicted molar refractivity (Wildman–Crippen MR) is 139 cm³/mol. The van der Waals surface area contributed by atoms with Crippen LogP contribution in [0.2, 0.25) is 10.0 Å². The summed E-state index contributed by atoms with van der Waals surface area (Å²) in [5.41, 5.74) is 2.40. The van der Waals surface area contributed by atoms with E-state index in [-0.39, 0.29) is 5.92 Å². The van der Waals surface area contributed by atoms with Crippen LogP contribution in [0.4, 0.5) is 0 Å². The molecule has 170 valence electrons. The van der Waals surface area contributed by atoms with E-state index in [1.165, 1.54) is 0 Å². The average Bonchev–Trinajstić information content (AvgIpc) is 2.78. The summed E-state index contributed by atoms with van der Waals surface area (Å²) in [4.78, 5) is 3.44. The first kappa shape index (κ1) is 25.1. The largest absolute Gasteiger partial charge is 0.388 e. The molecule has 0 bridgehead atoms. The molecule has 1 N–H and O–H groups in total. The summed E-state index contributed by atoms with van der Waals surface area (Å²) in [5, 5.41) is 13.0. The maximum absolute atomic E-state index is 11.6. The third kappa shape index (κ3) is 6.52. The predicted octanol–water partition coefficient (Wildman–Crippen LogP) is 7.51. The minimum atomic E-state index is -0.904. The quantitative estimate of drug-likeness (QED) is 0.299. The molecule has 0 saturated heterocycles. The number of hydrogen-bond acceptors (Lipinski definition) is 3. The third-order valence-electron chi connectivity index (χ3n) is 5.82. The summed E-state index contributed by atoms with van der Waals surface area (Å²) in [5.74, 6) is 0.658. The first-order valence-corrected chi connectivity index (χ1v) is 12.7. The van der Waals surface area contributed by atoms with Gasteiger partial charge in [0.1, 0.15) is 0 Å². The van der Waals surface area contributed by atoms with Crippen LogP contribution in [0.5, 0.6) is 0 Å². The van der Waals surface area contributed by atoms with Crippen LogP contribution in [-0.2, 0) is 5.75 Å². The Balaban J connectivity index is 1.82. The van der Waals surface area contributed by atoms with Crippen molar-refractivity contribution < 1.29 is 5.11 Å². The molecule has 5 heteroatoms. The van der Waals surface area contributed by atoms with Crippen molar-refractivity contribution in [1.29, 1.82) is 0 Å². The van der Waals surface area contributed by atoms with E-state index in [2.05, 4.69) is 55.1 Å². The van der Waals surface area contributed by atoms with Crippen molar-refractivity contribution in [3.05, 3.63) is 99.5 Å². The normalized spacial score (nSPS) is 14.3. The van der Waals surface area contributed by atoms with Gasteiger partial charge in [0.05, 0.1) is 5.60 Å². The minimum absolute atomic E-state index is 0.117. The fraction of sp³-hybridized carbons (Fsp3) is 0.333. The van der Waals surface area contributed by atoms with Crippen LogP contribution in [0.1, 0.15) is 43.4 Å². The summed E-state index contributed by atoms with van der Waals surface area (Å²) >= 11 is 14.1. The lowest BCUT2D eigenvalue weighted by molar-refractivity contribution is 0.00819. The molecule has 0 radical (unpaired) electrons. The van der Waals surface area contributed by atoms with Gasteiger partial charge in [0.15, 0.2) is 0 Å². The molecule has 0 fully saturated rings. The lowest BCUT2D eigenvalue weighted by Crippen LogP contribution is -2.45. The summed E-state index contributed by atoms with van der Waals surface area (Å²) in [6, 6.07) is 24.5. The first-order valence-electron chi connectivity index (χ1n) is 11.0.